The lowest BCUT2D eigenvalue weighted by Crippen LogP contribution is -2.20. The van der Waals surface area contributed by atoms with Gasteiger partial charge in [0.05, 0.1) is 5.56 Å². The van der Waals surface area contributed by atoms with Crippen LogP contribution < -0.4 is 4.74 Å². The fourth-order valence-electron chi connectivity index (χ4n) is 1.58. The SMILES string of the molecule is CN(C)CCOc1ccc(C(C)(C)C)cc1C=O. The average Bonchev–Trinajstić information content (AvgIpc) is 2.27. The van der Waals surface area contributed by atoms with Gasteiger partial charge in [0.1, 0.15) is 12.4 Å². The molecule has 18 heavy (non-hydrogen) atoms. The zero-order chi connectivity index (χ0) is 13.8. The van der Waals surface area contributed by atoms with Gasteiger partial charge >= 0.3 is 0 Å². The summed E-state index contributed by atoms with van der Waals surface area (Å²) in [5.74, 6) is 0.667. The third-order valence-corrected chi connectivity index (χ3v) is 2.80. The molecule has 3 nitrogen and oxygen atoms in total. The molecular formula is C15H23NO2. The lowest BCUT2D eigenvalue weighted by atomic mass is 9.86. The Hall–Kier alpha value is -1.35. The van der Waals surface area contributed by atoms with Gasteiger partial charge in [-0.05, 0) is 37.2 Å². The molecule has 0 atom stereocenters. The molecule has 0 saturated heterocycles. The van der Waals surface area contributed by atoms with Crippen molar-refractivity contribution in [3.05, 3.63) is 29.3 Å². The first kappa shape index (κ1) is 14.7. The van der Waals surface area contributed by atoms with Crippen LogP contribution in [0.1, 0.15) is 36.7 Å². The summed E-state index contributed by atoms with van der Waals surface area (Å²) in [6.45, 7) is 7.80. The van der Waals surface area contributed by atoms with E-state index in [9.17, 15) is 4.79 Å². The smallest absolute Gasteiger partial charge is 0.153 e. The van der Waals surface area contributed by atoms with Crippen LogP contribution in [0.5, 0.6) is 5.75 Å². The van der Waals surface area contributed by atoms with Crippen LogP contribution in [0.25, 0.3) is 0 Å². The molecule has 100 valence electrons. The summed E-state index contributed by atoms with van der Waals surface area (Å²) in [5, 5.41) is 0. The first-order chi connectivity index (χ1) is 8.34. The molecule has 0 aromatic heterocycles. The van der Waals surface area contributed by atoms with Gasteiger partial charge in [0.2, 0.25) is 0 Å². The second kappa shape index (κ2) is 6.01. The summed E-state index contributed by atoms with van der Waals surface area (Å²) in [4.78, 5) is 13.2. The molecule has 3 heteroatoms. The summed E-state index contributed by atoms with van der Waals surface area (Å²) in [7, 11) is 3.99. The summed E-state index contributed by atoms with van der Waals surface area (Å²) >= 11 is 0. The predicted molar refractivity (Wildman–Crippen MR) is 74.6 cm³/mol. The van der Waals surface area contributed by atoms with Crippen molar-refractivity contribution in [1.82, 2.24) is 4.90 Å². The van der Waals surface area contributed by atoms with E-state index >= 15 is 0 Å². The molecule has 0 bridgehead atoms. The van der Waals surface area contributed by atoms with Gasteiger partial charge in [-0.3, -0.25) is 4.79 Å². The third-order valence-electron chi connectivity index (χ3n) is 2.80. The molecule has 0 spiro atoms. The van der Waals surface area contributed by atoms with Gasteiger partial charge in [0, 0.05) is 6.54 Å². The van der Waals surface area contributed by atoms with E-state index in [0.717, 1.165) is 18.4 Å². The van der Waals surface area contributed by atoms with Crippen LogP contribution in [0.3, 0.4) is 0 Å². The molecule has 0 fully saturated rings. The Morgan fingerprint density at radius 3 is 2.44 bits per heavy atom. The van der Waals surface area contributed by atoms with Crippen LogP contribution in [0, 0.1) is 0 Å². The molecule has 0 amide bonds. The van der Waals surface area contributed by atoms with Crippen LogP contribution in [-0.4, -0.2) is 38.4 Å². The highest BCUT2D eigenvalue weighted by atomic mass is 16.5. The normalized spacial score (nSPS) is 11.7. The van der Waals surface area contributed by atoms with Crippen molar-refractivity contribution < 1.29 is 9.53 Å². The Balaban J connectivity index is 2.84. The third kappa shape index (κ3) is 4.15. The summed E-state index contributed by atoms with van der Waals surface area (Å²) < 4.78 is 5.63. The maximum atomic E-state index is 11.1. The Kier molecular flexibility index (Phi) is 4.91. The highest BCUT2D eigenvalue weighted by Crippen LogP contribution is 2.27. The average molecular weight is 249 g/mol. The topological polar surface area (TPSA) is 29.5 Å². The Labute approximate surface area is 110 Å². The number of hydrogen-bond donors (Lipinski definition) is 0. The minimum absolute atomic E-state index is 0.0416. The number of ether oxygens (including phenoxy) is 1. The second-order valence-corrected chi connectivity index (χ2v) is 5.77. The minimum atomic E-state index is 0.0416. The van der Waals surface area contributed by atoms with E-state index in [0.29, 0.717) is 17.9 Å². The maximum Gasteiger partial charge on any atom is 0.153 e. The second-order valence-electron chi connectivity index (χ2n) is 5.77. The molecule has 1 aromatic carbocycles. The fraction of sp³-hybridized carbons (Fsp3) is 0.533. The van der Waals surface area contributed by atoms with Gasteiger partial charge < -0.3 is 9.64 Å². The standard InChI is InChI=1S/C15H23NO2/c1-15(2,3)13-6-7-14(12(10-13)11-17)18-9-8-16(4)5/h6-7,10-11H,8-9H2,1-5H3. The molecule has 0 unspecified atom stereocenters. The number of aldehydes is 1. The minimum Gasteiger partial charge on any atom is -0.492 e. The molecule has 0 radical (unpaired) electrons. The van der Waals surface area contributed by atoms with Crippen molar-refractivity contribution in [1.29, 1.82) is 0 Å². The molecule has 0 N–H and O–H groups in total. The number of carbonyl (C=O) groups excluding carboxylic acids is 1. The number of benzene rings is 1. The number of hydrogen-bond acceptors (Lipinski definition) is 3. The number of carbonyl (C=O) groups is 1. The zero-order valence-corrected chi connectivity index (χ0v) is 12.0. The van der Waals surface area contributed by atoms with Crippen LogP contribution in [-0.2, 0) is 5.41 Å². The highest BCUT2D eigenvalue weighted by molar-refractivity contribution is 5.79. The molecule has 0 aliphatic heterocycles. The molecule has 0 heterocycles. The Morgan fingerprint density at radius 1 is 1.28 bits per heavy atom. The monoisotopic (exact) mass is 249 g/mol. The molecule has 1 aromatic rings. The Bertz CT molecular complexity index is 405. The highest BCUT2D eigenvalue weighted by Gasteiger charge is 2.15. The maximum absolute atomic E-state index is 11.1. The van der Waals surface area contributed by atoms with Crippen molar-refractivity contribution in [3.8, 4) is 5.75 Å². The van der Waals surface area contributed by atoms with Gasteiger partial charge in [-0.2, -0.15) is 0 Å². The molecule has 0 aliphatic rings. The van der Waals surface area contributed by atoms with Crippen molar-refractivity contribution in [3.63, 3.8) is 0 Å². The van der Waals surface area contributed by atoms with Gasteiger partial charge in [-0.15, -0.1) is 0 Å². The van der Waals surface area contributed by atoms with E-state index in [4.69, 9.17) is 4.74 Å². The van der Waals surface area contributed by atoms with Crippen LogP contribution in [0.2, 0.25) is 0 Å². The quantitative estimate of drug-likeness (QED) is 0.751. The van der Waals surface area contributed by atoms with E-state index in [2.05, 4.69) is 20.8 Å². The first-order valence-corrected chi connectivity index (χ1v) is 6.22. The lowest BCUT2D eigenvalue weighted by Gasteiger charge is -2.20. The van der Waals surface area contributed by atoms with Crippen LogP contribution in [0.15, 0.2) is 18.2 Å². The molecule has 0 aliphatic carbocycles. The van der Waals surface area contributed by atoms with Crippen LogP contribution in [0.4, 0.5) is 0 Å². The van der Waals surface area contributed by atoms with Gasteiger partial charge in [-0.1, -0.05) is 26.8 Å². The number of likely N-dealkylation sites (N-methyl/N-ethyl adjacent to an activating group) is 1. The van der Waals surface area contributed by atoms with E-state index in [1.165, 1.54) is 0 Å². The van der Waals surface area contributed by atoms with E-state index in [1.54, 1.807) is 0 Å². The Morgan fingerprint density at radius 2 is 1.94 bits per heavy atom. The van der Waals surface area contributed by atoms with Gasteiger partial charge in [0.25, 0.3) is 0 Å². The van der Waals surface area contributed by atoms with Crippen molar-refractivity contribution in [2.45, 2.75) is 26.2 Å². The summed E-state index contributed by atoms with van der Waals surface area (Å²) in [5.41, 5.74) is 1.81. The van der Waals surface area contributed by atoms with Crippen molar-refractivity contribution in [2.24, 2.45) is 0 Å². The molecular weight excluding hydrogens is 226 g/mol. The molecule has 1 rings (SSSR count). The first-order valence-electron chi connectivity index (χ1n) is 6.22. The fourth-order valence-corrected chi connectivity index (χ4v) is 1.58. The summed E-state index contributed by atoms with van der Waals surface area (Å²) in [6, 6.07) is 5.83. The van der Waals surface area contributed by atoms with Crippen molar-refractivity contribution in [2.75, 3.05) is 27.2 Å². The largest absolute Gasteiger partial charge is 0.492 e. The zero-order valence-electron chi connectivity index (χ0n) is 12.0. The molecule has 0 saturated carbocycles. The van der Waals surface area contributed by atoms with E-state index in [1.807, 2.05) is 37.2 Å². The van der Waals surface area contributed by atoms with E-state index < -0.39 is 0 Å². The van der Waals surface area contributed by atoms with Crippen molar-refractivity contribution >= 4 is 6.29 Å². The van der Waals surface area contributed by atoms with Gasteiger partial charge in [-0.25, -0.2) is 0 Å². The van der Waals surface area contributed by atoms with Crippen LogP contribution >= 0.6 is 0 Å². The van der Waals surface area contributed by atoms with Gasteiger partial charge in [0.15, 0.2) is 6.29 Å². The van der Waals surface area contributed by atoms with E-state index in [-0.39, 0.29) is 5.41 Å². The summed E-state index contributed by atoms with van der Waals surface area (Å²) in [6.07, 6.45) is 0.861. The number of rotatable bonds is 5. The predicted octanol–water partition coefficient (Wildman–Crippen LogP) is 2.74. The number of nitrogens with zero attached hydrogens (tertiary/aromatic N) is 1. The lowest BCUT2D eigenvalue weighted by molar-refractivity contribution is 0.111.